The van der Waals surface area contributed by atoms with Crippen LogP contribution in [0.5, 0.6) is 0 Å². The van der Waals surface area contributed by atoms with E-state index in [0.29, 0.717) is 19.1 Å². The van der Waals surface area contributed by atoms with Gasteiger partial charge in [0.1, 0.15) is 0 Å². The van der Waals surface area contributed by atoms with Crippen LogP contribution in [0.3, 0.4) is 0 Å². The fourth-order valence-electron chi connectivity index (χ4n) is 0.780. The first-order valence-electron chi connectivity index (χ1n) is 3.45. The van der Waals surface area contributed by atoms with Gasteiger partial charge >= 0.3 is 0 Å². The Bertz CT molecular complexity index is 70.0. The first kappa shape index (κ1) is 9.88. The van der Waals surface area contributed by atoms with Gasteiger partial charge in [-0.25, -0.2) is 0 Å². The van der Waals surface area contributed by atoms with Gasteiger partial charge < -0.3 is 15.2 Å². The van der Waals surface area contributed by atoms with Gasteiger partial charge in [-0.2, -0.15) is 0 Å². The van der Waals surface area contributed by atoms with Crippen LogP contribution in [0.25, 0.3) is 0 Å². The molecule has 0 aliphatic rings. The third-order valence-corrected chi connectivity index (χ3v) is 1.51. The Kier molecular flexibility index (Phi) is 5.58. The Labute approximate surface area is 62.5 Å². The standard InChI is InChI=1S/C7H17NO2/c1-6(8)7(4-9-2)5-10-3/h6-7H,4-5,8H2,1-3H3. The van der Waals surface area contributed by atoms with Crippen LogP contribution in [0.1, 0.15) is 6.92 Å². The highest BCUT2D eigenvalue weighted by molar-refractivity contribution is 4.66. The summed E-state index contributed by atoms with van der Waals surface area (Å²) >= 11 is 0. The van der Waals surface area contributed by atoms with E-state index in [2.05, 4.69) is 0 Å². The van der Waals surface area contributed by atoms with E-state index in [9.17, 15) is 0 Å². The van der Waals surface area contributed by atoms with Gasteiger partial charge in [-0.1, -0.05) is 0 Å². The lowest BCUT2D eigenvalue weighted by molar-refractivity contribution is 0.0748. The molecule has 0 fully saturated rings. The highest BCUT2D eigenvalue weighted by atomic mass is 16.5. The highest BCUT2D eigenvalue weighted by Gasteiger charge is 2.12. The Morgan fingerprint density at radius 2 is 1.60 bits per heavy atom. The van der Waals surface area contributed by atoms with E-state index < -0.39 is 0 Å². The van der Waals surface area contributed by atoms with Crippen LogP contribution >= 0.6 is 0 Å². The van der Waals surface area contributed by atoms with Crippen molar-refractivity contribution in [2.45, 2.75) is 13.0 Å². The molecule has 0 saturated heterocycles. The van der Waals surface area contributed by atoms with E-state index >= 15 is 0 Å². The number of hydrogen-bond acceptors (Lipinski definition) is 3. The minimum absolute atomic E-state index is 0.139. The van der Waals surface area contributed by atoms with Gasteiger partial charge in [-0.15, -0.1) is 0 Å². The van der Waals surface area contributed by atoms with Crippen LogP contribution in [0.2, 0.25) is 0 Å². The first-order valence-corrected chi connectivity index (χ1v) is 3.45. The maximum atomic E-state index is 5.65. The Morgan fingerprint density at radius 1 is 1.20 bits per heavy atom. The summed E-state index contributed by atoms with van der Waals surface area (Å²) in [5, 5.41) is 0. The minimum Gasteiger partial charge on any atom is -0.384 e. The second-order valence-electron chi connectivity index (χ2n) is 2.53. The lowest BCUT2D eigenvalue weighted by Gasteiger charge is -2.18. The molecule has 62 valence electrons. The maximum Gasteiger partial charge on any atom is 0.0527 e. The van der Waals surface area contributed by atoms with Crippen LogP contribution in [0.4, 0.5) is 0 Å². The normalized spacial score (nSPS) is 14.1. The summed E-state index contributed by atoms with van der Waals surface area (Å²) in [6, 6.07) is 0.139. The van der Waals surface area contributed by atoms with Gasteiger partial charge in [-0.05, 0) is 6.92 Å². The molecule has 10 heavy (non-hydrogen) atoms. The van der Waals surface area contributed by atoms with Gasteiger partial charge in [0, 0.05) is 26.2 Å². The number of nitrogens with two attached hydrogens (primary N) is 1. The average Bonchev–Trinajstić information content (AvgIpc) is 1.87. The molecule has 2 N–H and O–H groups in total. The second-order valence-corrected chi connectivity index (χ2v) is 2.53. The van der Waals surface area contributed by atoms with Crippen molar-refractivity contribution >= 4 is 0 Å². The molecule has 0 heterocycles. The van der Waals surface area contributed by atoms with Crippen LogP contribution < -0.4 is 5.73 Å². The molecule has 1 atom stereocenters. The van der Waals surface area contributed by atoms with E-state index in [1.165, 1.54) is 0 Å². The van der Waals surface area contributed by atoms with Crippen molar-refractivity contribution in [2.24, 2.45) is 11.7 Å². The summed E-state index contributed by atoms with van der Waals surface area (Å²) in [6.07, 6.45) is 0. The van der Waals surface area contributed by atoms with Gasteiger partial charge in [0.15, 0.2) is 0 Å². The predicted molar refractivity (Wildman–Crippen MR) is 40.9 cm³/mol. The minimum atomic E-state index is 0.139. The molecule has 0 aliphatic heterocycles. The smallest absolute Gasteiger partial charge is 0.0527 e. The van der Waals surface area contributed by atoms with Crippen molar-refractivity contribution in [3.05, 3.63) is 0 Å². The molecular weight excluding hydrogens is 130 g/mol. The second kappa shape index (κ2) is 5.65. The fourth-order valence-corrected chi connectivity index (χ4v) is 0.780. The van der Waals surface area contributed by atoms with E-state index in [1.54, 1.807) is 14.2 Å². The SMILES string of the molecule is COCC(COC)C(C)N. The molecule has 3 nitrogen and oxygen atoms in total. The van der Waals surface area contributed by atoms with Crippen molar-refractivity contribution in [1.82, 2.24) is 0 Å². The molecule has 3 heteroatoms. The number of ether oxygens (including phenoxy) is 2. The molecule has 1 unspecified atom stereocenters. The summed E-state index contributed by atoms with van der Waals surface area (Å²) in [4.78, 5) is 0. The van der Waals surface area contributed by atoms with E-state index in [-0.39, 0.29) is 6.04 Å². The van der Waals surface area contributed by atoms with E-state index in [0.717, 1.165) is 0 Å². The topological polar surface area (TPSA) is 44.5 Å². The quantitative estimate of drug-likeness (QED) is 0.606. The van der Waals surface area contributed by atoms with Gasteiger partial charge in [-0.3, -0.25) is 0 Å². The number of rotatable bonds is 5. The van der Waals surface area contributed by atoms with Crippen LogP contribution in [-0.4, -0.2) is 33.5 Å². The largest absolute Gasteiger partial charge is 0.384 e. The van der Waals surface area contributed by atoms with Crippen molar-refractivity contribution in [1.29, 1.82) is 0 Å². The zero-order chi connectivity index (χ0) is 7.98. The molecule has 0 radical (unpaired) electrons. The molecule has 0 aliphatic carbocycles. The highest BCUT2D eigenvalue weighted by Crippen LogP contribution is 2.01. The van der Waals surface area contributed by atoms with Gasteiger partial charge in [0.2, 0.25) is 0 Å². The zero-order valence-electron chi connectivity index (χ0n) is 6.96. The van der Waals surface area contributed by atoms with Crippen LogP contribution in [0, 0.1) is 5.92 Å². The van der Waals surface area contributed by atoms with Gasteiger partial charge in [0.05, 0.1) is 13.2 Å². The summed E-state index contributed by atoms with van der Waals surface area (Å²) in [6.45, 7) is 3.31. The summed E-state index contributed by atoms with van der Waals surface area (Å²) < 4.78 is 9.92. The molecule has 0 saturated carbocycles. The van der Waals surface area contributed by atoms with Gasteiger partial charge in [0.25, 0.3) is 0 Å². The molecule has 0 aromatic carbocycles. The average molecular weight is 147 g/mol. The van der Waals surface area contributed by atoms with E-state index in [1.807, 2.05) is 6.92 Å². The lowest BCUT2D eigenvalue weighted by Crippen LogP contribution is -2.33. The summed E-state index contributed by atoms with van der Waals surface area (Å²) in [5.41, 5.74) is 5.65. The Balaban J connectivity index is 3.50. The molecule has 0 aromatic heterocycles. The lowest BCUT2D eigenvalue weighted by atomic mass is 10.1. The van der Waals surface area contributed by atoms with Crippen molar-refractivity contribution < 1.29 is 9.47 Å². The molecule has 0 spiro atoms. The maximum absolute atomic E-state index is 5.65. The van der Waals surface area contributed by atoms with Crippen LogP contribution in [0.15, 0.2) is 0 Å². The Hall–Kier alpha value is -0.120. The molecule has 0 amide bonds. The summed E-state index contributed by atoms with van der Waals surface area (Å²) in [7, 11) is 3.34. The van der Waals surface area contributed by atoms with Crippen molar-refractivity contribution in [3.63, 3.8) is 0 Å². The third kappa shape index (κ3) is 3.82. The predicted octanol–water partition coefficient (Wildman–Crippen LogP) is 0.243. The number of hydrogen-bond donors (Lipinski definition) is 1. The fraction of sp³-hybridized carbons (Fsp3) is 1.00. The molecule has 0 bridgehead atoms. The molecule has 0 aromatic rings. The molecule has 0 rings (SSSR count). The monoisotopic (exact) mass is 147 g/mol. The Morgan fingerprint density at radius 3 is 1.80 bits per heavy atom. The molecular formula is C7H17NO2. The first-order chi connectivity index (χ1) is 4.72. The zero-order valence-corrected chi connectivity index (χ0v) is 6.96. The number of methoxy groups -OCH3 is 2. The third-order valence-electron chi connectivity index (χ3n) is 1.51. The summed E-state index contributed by atoms with van der Waals surface area (Å²) in [5.74, 6) is 0.315. The van der Waals surface area contributed by atoms with Crippen molar-refractivity contribution in [2.75, 3.05) is 27.4 Å². The van der Waals surface area contributed by atoms with Crippen molar-refractivity contribution in [3.8, 4) is 0 Å². The van der Waals surface area contributed by atoms with E-state index in [4.69, 9.17) is 15.2 Å². The van der Waals surface area contributed by atoms with Crippen LogP contribution in [-0.2, 0) is 9.47 Å².